The van der Waals surface area contributed by atoms with Crippen LogP contribution in [0, 0.1) is 5.82 Å². The van der Waals surface area contributed by atoms with Gasteiger partial charge in [-0.25, -0.2) is 18.9 Å². The number of amides is 2. The van der Waals surface area contributed by atoms with Crippen LogP contribution in [0.25, 0.3) is 5.82 Å². The van der Waals surface area contributed by atoms with Crippen LogP contribution in [0.3, 0.4) is 0 Å². The number of rotatable bonds is 4. The number of nitrogens with zero attached hydrogens (tertiary/aromatic N) is 3. The van der Waals surface area contributed by atoms with Crippen molar-refractivity contribution < 1.29 is 18.7 Å². The van der Waals surface area contributed by atoms with E-state index >= 15 is 0 Å². The van der Waals surface area contributed by atoms with Gasteiger partial charge in [-0.2, -0.15) is 0 Å². The fraction of sp³-hybridized carbons (Fsp3) is 0.211. The van der Waals surface area contributed by atoms with E-state index in [4.69, 9.17) is 9.47 Å². The van der Waals surface area contributed by atoms with Crippen LogP contribution in [0.1, 0.15) is 5.56 Å². The SMILES string of the molecule is COc1cccc2c1OCC(NC(=O)Nc1ccn(-c3ncccc3F)n1)C2. The molecule has 1 unspecified atom stereocenters. The molecule has 1 atom stereocenters. The molecule has 144 valence electrons. The molecule has 0 bridgehead atoms. The van der Waals surface area contributed by atoms with Crippen molar-refractivity contribution in [2.75, 3.05) is 19.0 Å². The molecule has 0 fully saturated rings. The second kappa shape index (κ2) is 7.55. The van der Waals surface area contributed by atoms with Gasteiger partial charge in [0.15, 0.2) is 29.0 Å². The topological polar surface area (TPSA) is 90.3 Å². The van der Waals surface area contributed by atoms with Crippen LogP contribution in [0.4, 0.5) is 15.0 Å². The van der Waals surface area contributed by atoms with E-state index in [0.29, 0.717) is 24.5 Å². The van der Waals surface area contributed by atoms with E-state index in [2.05, 4.69) is 20.7 Å². The number of halogens is 1. The third-order valence-electron chi connectivity index (χ3n) is 4.30. The highest BCUT2D eigenvalue weighted by molar-refractivity contribution is 5.88. The first-order valence-electron chi connectivity index (χ1n) is 8.67. The third kappa shape index (κ3) is 3.59. The summed E-state index contributed by atoms with van der Waals surface area (Å²) in [6.07, 6.45) is 3.61. The normalized spacial score (nSPS) is 15.3. The van der Waals surface area contributed by atoms with Gasteiger partial charge in [-0.05, 0) is 24.6 Å². The molecule has 0 radical (unpaired) electrons. The molecule has 0 spiro atoms. The molecule has 2 amide bonds. The van der Waals surface area contributed by atoms with Crippen LogP contribution in [0.5, 0.6) is 11.5 Å². The average Bonchev–Trinajstić information content (AvgIpc) is 3.15. The zero-order valence-corrected chi connectivity index (χ0v) is 15.1. The lowest BCUT2D eigenvalue weighted by Gasteiger charge is -2.27. The van der Waals surface area contributed by atoms with Gasteiger partial charge < -0.3 is 14.8 Å². The first kappa shape index (κ1) is 17.8. The van der Waals surface area contributed by atoms with Crippen LogP contribution < -0.4 is 20.1 Å². The summed E-state index contributed by atoms with van der Waals surface area (Å²) in [5, 5.41) is 9.61. The Balaban J connectivity index is 1.38. The number of hydrogen-bond donors (Lipinski definition) is 2. The zero-order valence-electron chi connectivity index (χ0n) is 15.1. The van der Waals surface area contributed by atoms with Crippen molar-refractivity contribution in [1.29, 1.82) is 0 Å². The Bertz CT molecular complexity index is 1010. The fourth-order valence-electron chi connectivity index (χ4n) is 3.04. The molecule has 4 rings (SSSR count). The number of ether oxygens (including phenoxy) is 2. The largest absolute Gasteiger partial charge is 0.493 e. The van der Waals surface area contributed by atoms with Crippen molar-refractivity contribution in [3.63, 3.8) is 0 Å². The lowest BCUT2D eigenvalue weighted by atomic mass is 10.0. The van der Waals surface area contributed by atoms with E-state index in [1.54, 1.807) is 13.2 Å². The second-order valence-electron chi connectivity index (χ2n) is 6.21. The van der Waals surface area contributed by atoms with Crippen LogP contribution in [-0.4, -0.2) is 40.6 Å². The maximum absolute atomic E-state index is 13.8. The van der Waals surface area contributed by atoms with Crippen molar-refractivity contribution >= 4 is 11.8 Å². The lowest BCUT2D eigenvalue weighted by Crippen LogP contribution is -2.44. The summed E-state index contributed by atoms with van der Waals surface area (Å²) in [4.78, 5) is 16.2. The van der Waals surface area contributed by atoms with Crippen LogP contribution >= 0.6 is 0 Å². The molecule has 0 saturated heterocycles. The minimum atomic E-state index is -0.505. The number of benzene rings is 1. The highest BCUT2D eigenvalue weighted by atomic mass is 19.1. The number of urea groups is 1. The van der Waals surface area contributed by atoms with Crippen molar-refractivity contribution in [3.8, 4) is 17.3 Å². The molecule has 1 aliphatic heterocycles. The van der Waals surface area contributed by atoms with Gasteiger partial charge in [0.2, 0.25) is 0 Å². The minimum absolute atomic E-state index is 0.0576. The summed E-state index contributed by atoms with van der Waals surface area (Å²) in [5.41, 5.74) is 0.964. The van der Waals surface area contributed by atoms with Gasteiger partial charge in [0.25, 0.3) is 0 Å². The van der Waals surface area contributed by atoms with E-state index in [-0.39, 0.29) is 17.7 Å². The molecule has 0 aliphatic carbocycles. The Morgan fingerprint density at radius 3 is 3.04 bits per heavy atom. The predicted molar refractivity (Wildman–Crippen MR) is 99.5 cm³/mol. The average molecular weight is 383 g/mol. The highest BCUT2D eigenvalue weighted by Gasteiger charge is 2.24. The number of pyridine rings is 1. The Morgan fingerprint density at radius 1 is 1.32 bits per heavy atom. The van der Waals surface area contributed by atoms with Gasteiger partial charge in [-0.3, -0.25) is 5.32 Å². The first-order valence-corrected chi connectivity index (χ1v) is 8.67. The fourth-order valence-corrected chi connectivity index (χ4v) is 3.04. The summed E-state index contributed by atoms with van der Waals surface area (Å²) in [5.74, 6) is 1.21. The molecule has 3 heterocycles. The molecule has 3 aromatic rings. The zero-order chi connectivity index (χ0) is 19.5. The van der Waals surface area contributed by atoms with Crippen molar-refractivity contribution in [2.24, 2.45) is 0 Å². The molecule has 0 saturated carbocycles. The summed E-state index contributed by atoms with van der Waals surface area (Å²) < 4.78 is 26.1. The monoisotopic (exact) mass is 383 g/mol. The standard InChI is InChI=1S/C19H18FN5O3/c1-27-15-6-2-4-12-10-13(11-28-17(12)15)22-19(26)23-16-7-9-25(24-16)18-14(20)5-3-8-21-18/h2-9,13H,10-11H2,1H3,(H2,22,23,24,26). The lowest BCUT2D eigenvalue weighted by molar-refractivity contribution is 0.217. The van der Waals surface area contributed by atoms with E-state index in [0.717, 1.165) is 5.56 Å². The van der Waals surface area contributed by atoms with E-state index in [1.165, 1.54) is 29.2 Å². The first-order chi connectivity index (χ1) is 13.6. The molecule has 9 heteroatoms. The van der Waals surface area contributed by atoms with Crippen molar-refractivity contribution in [3.05, 3.63) is 60.2 Å². The van der Waals surface area contributed by atoms with Crippen LogP contribution in [0.2, 0.25) is 0 Å². The maximum Gasteiger partial charge on any atom is 0.320 e. The Hall–Kier alpha value is -3.62. The molecular weight excluding hydrogens is 365 g/mol. The van der Waals surface area contributed by atoms with E-state index < -0.39 is 11.8 Å². The number of hydrogen-bond acceptors (Lipinski definition) is 5. The molecule has 2 aromatic heterocycles. The number of aromatic nitrogens is 3. The van der Waals surface area contributed by atoms with Crippen molar-refractivity contribution in [1.82, 2.24) is 20.1 Å². The van der Waals surface area contributed by atoms with Crippen molar-refractivity contribution in [2.45, 2.75) is 12.5 Å². The Morgan fingerprint density at radius 2 is 2.21 bits per heavy atom. The molecule has 2 N–H and O–H groups in total. The number of methoxy groups -OCH3 is 1. The second-order valence-corrected chi connectivity index (χ2v) is 6.21. The van der Waals surface area contributed by atoms with Gasteiger partial charge in [0.1, 0.15) is 6.61 Å². The molecule has 28 heavy (non-hydrogen) atoms. The van der Waals surface area contributed by atoms with Gasteiger partial charge in [0.05, 0.1) is 13.2 Å². The minimum Gasteiger partial charge on any atom is -0.493 e. The highest BCUT2D eigenvalue weighted by Crippen LogP contribution is 2.34. The molecule has 1 aliphatic rings. The predicted octanol–water partition coefficient (Wildman–Crippen LogP) is 2.54. The number of carbonyl (C=O) groups excluding carboxylic acids is 1. The maximum atomic E-state index is 13.8. The smallest absolute Gasteiger partial charge is 0.320 e. The van der Waals surface area contributed by atoms with Gasteiger partial charge in [0, 0.05) is 24.0 Å². The molecular formula is C19H18FN5O3. The Kier molecular flexibility index (Phi) is 4.79. The molecule has 8 nitrogen and oxygen atoms in total. The Labute approximate surface area is 160 Å². The summed E-state index contributed by atoms with van der Waals surface area (Å²) >= 11 is 0. The summed E-state index contributed by atoms with van der Waals surface area (Å²) in [7, 11) is 1.59. The summed E-state index contributed by atoms with van der Waals surface area (Å²) in [6, 6.07) is 9.38. The number of nitrogens with one attached hydrogen (secondary N) is 2. The third-order valence-corrected chi connectivity index (χ3v) is 4.30. The molecule has 1 aromatic carbocycles. The van der Waals surface area contributed by atoms with Crippen LogP contribution in [-0.2, 0) is 6.42 Å². The van der Waals surface area contributed by atoms with Crippen LogP contribution in [0.15, 0.2) is 48.8 Å². The van der Waals surface area contributed by atoms with Gasteiger partial charge >= 0.3 is 6.03 Å². The number of anilines is 1. The quantitative estimate of drug-likeness (QED) is 0.723. The van der Waals surface area contributed by atoms with E-state index in [9.17, 15) is 9.18 Å². The number of carbonyl (C=O) groups is 1. The summed E-state index contributed by atoms with van der Waals surface area (Å²) in [6.45, 7) is 0.328. The van der Waals surface area contributed by atoms with Gasteiger partial charge in [-0.15, -0.1) is 5.10 Å². The number of para-hydroxylation sites is 1. The number of fused-ring (bicyclic) bond motifs is 1. The van der Waals surface area contributed by atoms with Gasteiger partial charge in [-0.1, -0.05) is 12.1 Å². The van der Waals surface area contributed by atoms with E-state index in [1.807, 2.05) is 18.2 Å².